The molecule has 0 atom stereocenters. The highest BCUT2D eigenvalue weighted by Gasteiger charge is 2.22. The van der Waals surface area contributed by atoms with Crippen LogP contribution < -0.4 is 10.0 Å². The van der Waals surface area contributed by atoms with E-state index in [-0.39, 0.29) is 0 Å². The van der Waals surface area contributed by atoms with Crippen molar-refractivity contribution in [1.82, 2.24) is 0 Å². The molecule has 0 aromatic heterocycles. The highest BCUT2D eigenvalue weighted by Crippen LogP contribution is 2.29. The van der Waals surface area contributed by atoms with Gasteiger partial charge >= 0.3 is 0 Å². The molecule has 1 heterocycles. The quantitative estimate of drug-likeness (QED) is 0.915. The summed E-state index contributed by atoms with van der Waals surface area (Å²) in [5, 5.41) is 3.26. The molecule has 2 aromatic rings. The lowest BCUT2D eigenvalue weighted by Gasteiger charge is -2.21. The molecule has 1 aliphatic heterocycles. The molecule has 0 spiro atoms. The first-order chi connectivity index (χ1) is 10.1. The standard InChI is InChI=1S/C16H18N2O2S/c1-12-5-2-6-13(11-12)18-21(19,20)16-9-3-8-15-14(16)7-4-10-17-15/h2-3,5-6,8-9,11,17-18H,4,7,10H2,1H3. The van der Waals surface area contributed by atoms with Gasteiger partial charge in [0.25, 0.3) is 10.0 Å². The van der Waals surface area contributed by atoms with Crippen LogP contribution in [0, 0.1) is 6.92 Å². The molecule has 0 bridgehead atoms. The molecule has 0 saturated carbocycles. The number of aryl methyl sites for hydroxylation is 1. The third kappa shape index (κ3) is 2.88. The summed E-state index contributed by atoms with van der Waals surface area (Å²) in [5.74, 6) is 0. The molecule has 5 heteroatoms. The molecule has 0 amide bonds. The molecule has 21 heavy (non-hydrogen) atoms. The van der Waals surface area contributed by atoms with Gasteiger partial charge in [-0.2, -0.15) is 0 Å². The van der Waals surface area contributed by atoms with Crippen molar-refractivity contribution >= 4 is 21.4 Å². The van der Waals surface area contributed by atoms with Gasteiger partial charge in [0.05, 0.1) is 4.90 Å². The van der Waals surface area contributed by atoms with Crippen LogP contribution in [0.15, 0.2) is 47.4 Å². The predicted octanol–water partition coefficient (Wildman–Crippen LogP) is 3.15. The second-order valence-electron chi connectivity index (χ2n) is 5.29. The summed E-state index contributed by atoms with van der Waals surface area (Å²) in [4.78, 5) is 0.369. The van der Waals surface area contributed by atoms with Gasteiger partial charge in [0, 0.05) is 17.9 Å². The average molecular weight is 302 g/mol. The number of nitrogens with one attached hydrogen (secondary N) is 2. The molecular weight excluding hydrogens is 284 g/mol. The summed E-state index contributed by atoms with van der Waals surface area (Å²) >= 11 is 0. The van der Waals surface area contributed by atoms with Crippen molar-refractivity contribution in [1.29, 1.82) is 0 Å². The van der Waals surface area contributed by atoms with E-state index in [2.05, 4.69) is 10.0 Å². The Morgan fingerprint density at radius 2 is 1.95 bits per heavy atom. The molecule has 2 aromatic carbocycles. The van der Waals surface area contributed by atoms with Crippen molar-refractivity contribution in [3.8, 4) is 0 Å². The Morgan fingerprint density at radius 3 is 2.76 bits per heavy atom. The smallest absolute Gasteiger partial charge is 0.262 e. The van der Waals surface area contributed by atoms with Gasteiger partial charge in [-0.25, -0.2) is 8.42 Å². The monoisotopic (exact) mass is 302 g/mol. The third-order valence-electron chi connectivity index (χ3n) is 3.61. The number of rotatable bonds is 3. The maximum absolute atomic E-state index is 12.6. The van der Waals surface area contributed by atoms with Crippen LogP contribution in [-0.2, 0) is 16.4 Å². The van der Waals surface area contributed by atoms with Gasteiger partial charge in [-0.1, -0.05) is 18.2 Å². The molecule has 0 aliphatic carbocycles. The van der Waals surface area contributed by atoms with E-state index in [9.17, 15) is 8.42 Å². The minimum Gasteiger partial charge on any atom is -0.385 e. The highest BCUT2D eigenvalue weighted by molar-refractivity contribution is 7.92. The van der Waals surface area contributed by atoms with E-state index in [1.807, 2.05) is 31.2 Å². The van der Waals surface area contributed by atoms with Gasteiger partial charge in [0.15, 0.2) is 0 Å². The van der Waals surface area contributed by atoms with E-state index < -0.39 is 10.0 Å². The van der Waals surface area contributed by atoms with E-state index >= 15 is 0 Å². The Balaban J connectivity index is 1.99. The van der Waals surface area contributed by atoms with Crippen LogP contribution >= 0.6 is 0 Å². The fourth-order valence-corrected chi connectivity index (χ4v) is 3.99. The number of anilines is 2. The minimum absolute atomic E-state index is 0.369. The zero-order valence-corrected chi connectivity index (χ0v) is 12.7. The number of fused-ring (bicyclic) bond motifs is 1. The van der Waals surface area contributed by atoms with E-state index in [0.717, 1.165) is 36.2 Å². The van der Waals surface area contributed by atoms with Gasteiger partial charge in [0.2, 0.25) is 0 Å². The molecule has 0 radical (unpaired) electrons. The average Bonchev–Trinajstić information content (AvgIpc) is 2.46. The molecular formula is C16H18N2O2S. The molecule has 3 rings (SSSR count). The lowest BCUT2D eigenvalue weighted by atomic mass is 10.0. The van der Waals surface area contributed by atoms with E-state index in [1.165, 1.54) is 0 Å². The first-order valence-corrected chi connectivity index (χ1v) is 8.50. The third-order valence-corrected chi connectivity index (χ3v) is 5.08. The second kappa shape index (κ2) is 5.41. The number of sulfonamides is 1. The van der Waals surface area contributed by atoms with E-state index in [4.69, 9.17) is 0 Å². The van der Waals surface area contributed by atoms with Gasteiger partial charge in [0.1, 0.15) is 0 Å². The zero-order chi connectivity index (χ0) is 14.9. The SMILES string of the molecule is Cc1cccc(NS(=O)(=O)c2cccc3c2CCCN3)c1. The number of hydrogen-bond donors (Lipinski definition) is 2. The predicted molar refractivity (Wildman–Crippen MR) is 85.2 cm³/mol. The lowest BCUT2D eigenvalue weighted by molar-refractivity contribution is 0.599. The van der Waals surface area contributed by atoms with Crippen LogP contribution in [0.25, 0.3) is 0 Å². The van der Waals surface area contributed by atoms with Crippen LogP contribution in [0.1, 0.15) is 17.5 Å². The molecule has 0 fully saturated rings. The van der Waals surface area contributed by atoms with Crippen LogP contribution in [0.3, 0.4) is 0 Å². The van der Waals surface area contributed by atoms with Crippen molar-refractivity contribution in [3.63, 3.8) is 0 Å². The largest absolute Gasteiger partial charge is 0.385 e. The Kier molecular flexibility index (Phi) is 3.59. The summed E-state index contributed by atoms with van der Waals surface area (Å²) in [6.07, 6.45) is 1.73. The van der Waals surface area contributed by atoms with Gasteiger partial charge in [-0.3, -0.25) is 4.72 Å². The molecule has 0 unspecified atom stereocenters. The molecule has 4 nitrogen and oxygen atoms in total. The van der Waals surface area contributed by atoms with Gasteiger partial charge < -0.3 is 5.32 Å². The summed E-state index contributed by atoms with van der Waals surface area (Å²) in [6.45, 7) is 2.83. The summed E-state index contributed by atoms with van der Waals surface area (Å²) in [5.41, 5.74) is 3.42. The van der Waals surface area contributed by atoms with E-state index in [1.54, 1.807) is 18.2 Å². The molecule has 0 saturated heterocycles. The first kappa shape index (κ1) is 13.9. The summed E-state index contributed by atoms with van der Waals surface area (Å²) in [7, 11) is -3.56. The second-order valence-corrected chi connectivity index (χ2v) is 6.94. The Morgan fingerprint density at radius 1 is 1.14 bits per heavy atom. The lowest BCUT2D eigenvalue weighted by Crippen LogP contribution is -2.19. The summed E-state index contributed by atoms with van der Waals surface area (Å²) in [6, 6.07) is 12.7. The minimum atomic E-state index is -3.56. The Bertz CT molecular complexity index is 770. The highest BCUT2D eigenvalue weighted by atomic mass is 32.2. The van der Waals surface area contributed by atoms with Crippen molar-refractivity contribution in [2.45, 2.75) is 24.7 Å². The molecule has 1 aliphatic rings. The van der Waals surface area contributed by atoms with Crippen LogP contribution in [0.5, 0.6) is 0 Å². The van der Waals surface area contributed by atoms with Gasteiger partial charge in [-0.15, -0.1) is 0 Å². The van der Waals surface area contributed by atoms with Crippen LogP contribution in [0.4, 0.5) is 11.4 Å². The van der Waals surface area contributed by atoms with E-state index in [0.29, 0.717) is 10.6 Å². The number of benzene rings is 2. The molecule has 2 N–H and O–H groups in total. The fraction of sp³-hybridized carbons (Fsp3) is 0.250. The maximum Gasteiger partial charge on any atom is 0.262 e. The van der Waals surface area contributed by atoms with Crippen LogP contribution in [0.2, 0.25) is 0 Å². The normalized spacial score (nSPS) is 14.1. The van der Waals surface area contributed by atoms with Crippen LogP contribution in [-0.4, -0.2) is 15.0 Å². The summed E-state index contributed by atoms with van der Waals surface area (Å²) < 4.78 is 28.0. The van der Waals surface area contributed by atoms with Crippen molar-refractivity contribution in [2.24, 2.45) is 0 Å². The number of hydrogen-bond acceptors (Lipinski definition) is 3. The van der Waals surface area contributed by atoms with Crippen molar-refractivity contribution < 1.29 is 8.42 Å². The van der Waals surface area contributed by atoms with Gasteiger partial charge in [-0.05, 0) is 55.2 Å². The Hall–Kier alpha value is -2.01. The molecule has 110 valence electrons. The van der Waals surface area contributed by atoms with Crippen molar-refractivity contribution in [2.75, 3.05) is 16.6 Å². The maximum atomic E-state index is 12.6. The van der Waals surface area contributed by atoms with Crippen molar-refractivity contribution in [3.05, 3.63) is 53.6 Å². The first-order valence-electron chi connectivity index (χ1n) is 7.01. The Labute approximate surface area is 125 Å². The topological polar surface area (TPSA) is 58.2 Å². The zero-order valence-electron chi connectivity index (χ0n) is 11.9. The fourth-order valence-electron chi connectivity index (χ4n) is 2.65.